The predicted molar refractivity (Wildman–Crippen MR) is 117 cm³/mol. The molecule has 1 rings (SSSR count). The lowest BCUT2D eigenvalue weighted by molar-refractivity contribution is 0.122. The van der Waals surface area contributed by atoms with Crippen molar-refractivity contribution in [1.82, 2.24) is 20.4 Å². The first kappa shape index (κ1) is 23.9. The first-order chi connectivity index (χ1) is 11.1. The van der Waals surface area contributed by atoms with E-state index in [1.54, 1.807) is 0 Å². The molecule has 0 saturated carbocycles. The van der Waals surface area contributed by atoms with E-state index < -0.39 is 0 Å². The molecule has 0 aromatic carbocycles. The summed E-state index contributed by atoms with van der Waals surface area (Å²) in [5, 5.41) is 6.94. The average molecular weight is 453 g/mol. The maximum atomic E-state index is 4.81. The van der Waals surface area contributed by atoms with Crippen LogP contribution in [0.15, 0.2) is 4.99 Å². The summed E-state index contributed by atoms with van der Waals surface area (Å²) in [6.45, 7) is 15.4. The van der Waals surface area contributed by atoms with Gasteiger partial charge in [-0.2, -0.15) is 0 Å². The third-order valence-electron chi connectivity index (χ3n) is 4.64. The van der Waals surface area contributed by atoms with Crippen molar-refractivity contribution >= 4 is 29.9 Å². The molecule has 0 aromatic heterocycles. The first-order valence-electron chi connectivity index (χ1n) is 9.54. The minimum atomic E-state index is 0. The molecule has 144 valence electrons. The van der Waals surface area contributed by atoms with Crippen LogP contribution in [0.2, 0.25) is 0 Å². The number of hydrogen-bond acceptors (Lipinski definition) is 3. The van der Waals surface area contributed by atoms with Crippen molar-refractivity contribution in [2.45, 2.75) is 65.5 Å². The quantitative estimate of drug-likeness (QED) is 0.244. The van der Waals surface area contributed by atoms with Crippen LogP contribution in [0, 0.1) is 0 Å². The van der Waals surface area contributed by atoms with Gasteiger partial charge in [0, 0.05) is 44.8 Å². The second-order valence-electron chi connectivity index (χ2n) is 6.95. The zero-order chi connectivity index (χ0) is 17.1. The van der Waals surface area contributed by atoms with Crippen LogP contribution in [0.3, 0.4) is 0 Å². The molecule has 0 radical (unpaired) electrons. The molecule has 0 aromatic rings. The Morgan fingerprint density at radius 1 is 1.08 bits per heavy atom. The Bertz CT molecular complexity index is 329. The Morgan fingerprint density at radius 2 is 1.75 bits per heavy atom. The summed E-state index contributed by atoms with van der Waals surface area (Å²) in [5.74, 6) is 0.970. The number of rotatable bonds is 9. The number of guanidine groups is 1. The van der Waals surface area contributed by atoms with E-state index in [0.717, 1.165) is 32.1 Å². The molecule has 2 unspecified atom stereocenters. The summed E-state index contributed by atoms with van der Waals surface area (Å²) in [7, 11) is 2.20. The van der Waals surface area contributed by atoms with Crippen LogP contribution < -0.4 is 10.6 Å². The summed E-state index contributed by atoms with van der Waals surface area (Å²) in [6.07, 6.45) is 5.11. The fourth-order valence-corrected chi connectivity index (χ4v) is 2.93. The zero-order valence-electron chi connectivity index (χ0n) is 16.5. The highest BCUT2D eigenvalue weighted by Gasteiger charge is 2.18. The van der Waals surface area contributed by atoms with E-state index in [1.807, 2.05) is 0 Å². The van der Waals surface area contributed by atoms with Crippen LogP contribution in [0.5, 0.6) is 0 Å². The molecular weight excluding hydrogens is 413 g/mol. The second kappa shape index (κ2) is 14.1. The van der Waals surface area contributed by atoms with Gasteiger partial charge in [0.2, 0.25) is 0 Å². The Balaban J connectivity index is 0.00000529. The summed E-state index contributed by atoms with van der Waals surface area (Å²) >= 11 is 0. The van der Waals surface area contributed by atoms with Crippen molar-refractivity contribution in [2.24, 2.45) is 4.99 Å². The molecule has 0 bridgehead atoms. The number of nitrogens with zero attached hydrogens (tertiary/aromatic N) is 3. The molecule has 2 N–H and O–H groups in total. The van der Waals surface area contributed by atoms with Gasteiger partial charge in [-0.15, -0.1) is 24.0 Å². The molecule has 2 atom stereocenters. The highest BCUT2D eigenvalue weighted by Crippen LogP contribution is 2.06. The molecule has 1 fully saturated rings. The fourth-order valence-electron chi connectivity index (χ4n) is 2.93. The Kier molecular flexibility index (Phi) is 14.1. The van der Waals surface area contributed by atoms with Crippen molar-refractivity contribution in [2.75, 3.05) is 46.3 Å². The van der Waals surface area contributed by atoms with Gasteiger partial charge in [-0.25, -0.2) is 0 Å². The Labute approximate surface area is 167 Å². The van der Waals surface area contributed by atoms with E-state index in [-0.39, 0.29) is 24.0 Å². The van der Waals surface area contributed by atoms with Gasteiger partial charge in [-0.3, -0.25) is 9.89 Å². The lowest BCUT2D eigenvalue weighted by Gasteiger charge is -2.36. The number of halogens is 1. The standard InChI is InChI=1S/C18H39N5.HI/c1-6-8-9-10-16(3)21-18(19-7-2)20-15-17(4)23-13-11-22(5)12-14-23;/h16-17H,6-15H2,1-5H3,(H2,19,20,21);1H. The summed E-state index contributed by atoms with van der Waals surface area (Å²) < 4.78 is 0. The number of nitrogens with one attached hydrogen (secondary N) is 2. The van der Waals surface area contributed by atoms with Gasteiger partial charge < -0.3 is 15.5 Å². The molecule has 0 aliphatic carbocycles. The smallest absolute Gasteiger partial charge is 0.191 e. The number of unbranched alkanes of at least 4 members (excludes halogenated alkanes) is 2. The van der Waals surface area contributed by atoms with Crippen LogP contribution in [-0.4, -0.2) is 74.2 Å². The number of piperazine rings is 1. The van der Waals surface area contributed by atoms with Crippen LogP contribution in [0.25, 0.3) is 0 Å². The van der Waals surface area contributed by atoms with Gasteiger partial charge in [-0.1, -0.05) is 26.2 Å². The minimum Gasteiger partial charge on any atom is -0.357 e. The van der Waals surface area contributed by atoms with Crippen molar-refractivity contribution in [3.63, 3.8) is 0 Å². The van der Waals surface area contributed by atoms with Gasteiger partial charge in [0.05, 0.1) is 6.54 Å². The number of aliphatic imine (C=N–C) groups is 1. The molecule has 1 aliphatic rings. The summed E-state index contributed by atoms with van der Waals surface area (Å²) in [5.41, 5.74) is 0. The summed E-state index contributed by atoms with van der Waals surface area (Å²) in [4.78, 5) is 9.77. The van der Waals surface area contributed by atoms with E-state index in [1.165, 1.54) is 38.8 Å². The maximum Gasteiger partial charge on any atom is 0.191 e. The topological polar surface area (TPSA) is 42.9 Å². The van der Waals surface area contributed by atoms with E-state index in [2.05, 4.69) is 55.2 Å². The normalized spacial score (nSPS) is 19.5. The van der Waals surface area contributed by atoms with Gasteiger partial charge >= 0.3 is 0 Å². The van der Waals surface area contributed by atoms with Crippen molar-refractivity contribution < 1.29 is 0 Å². The third-order valence-corrected chi connectivity index (χ3v) is 4.64. The molecule has 1 heterocycles. The van der Waals surface area contributed by atoms with Gasteiger partial charge in [0.25, 0.3) is 0 Å². The molecule has 1 saturated heterocycles. The number of hydrogen-bond donors (Lipinski definition) is 2. The van der Waals surface area contributed by atoms with Crippen LogP contribution in [0.4, 0.5) is 0 Å². The van der Waals surface area contributed by atoms with Gasteiger partial charge in [0.15, 0.2) is 5.96 Å². The van der Waals surface area contributed by atoms with Crippen molar-refractivity contribution in [3.8, 4) is 0 Å². The third kappa shape index (κ3) is 10.0. The molecule has 1 aliphatic heterocycles. The molecule has 24 heavy (non-hydrogen) atoms. The van der Waals surface area contributed by atoms with Crippen molar-refractivity contribution in [3.05, 3.63) is 0 Å². The lowest BCUT2D eigenvalue weighted by Crippen LogP contribution is -2.49. The van der Waals surface area contributed by atoms with E-state index >= 15 is 0 Å². The SMILES string of the molecule is CCCCCC(C)NC(=NCC(C)N1CCN(C)CC1)NCC.I. The lowest BCUT2D eigenvalue weighted by atomic mass is 10.1. The molecule has 0 amide bonds. The number of likely N-dealkylation sites (N-methyl/N-ethyl adjacent to an activating group) is 1. The Hall–Kier alpha value is -0.0800. The molecule has 0 spiro atoms. The van der Waals surface area contributed by atoms with Crippen molar-refractivity contribution in [1.29, 1.82) is 0 Å². The van der Waals surface area contributed by atoms with Crippen LogP contribution in [-0.2, 0) is 0 Å². The molecule has 6 heteroatoms. The Morgan fingerprint density at radius 3 is 2.33 bits per heavy atom. The monoisotopic (exact) mass is 453 g/mol. The van der Waals surface area contributed by atoms with E-state index in [4.69, 9.17) is 4.99 Å². The fraction of sp³-hybridized carbons (Fsp3) is 0.944. The van der Waals surface area contributed by atoms with Gasteiger partial charge in [0.1, 0.15) is 0 Å². The average Bonchev–Trinajstić information content (AvgIpc) is 2.53. The van der Waals surface area contributed by atoms with E-state index in [9.17, 15) is 0 Å². The largest absolute Gasteiger partial charge is 0.357 e. The highest BCUT2D eigenvalue weighted by atomic mass is 127. The molecular formula is C18H40IN5. The van der Waals surface area contributed by atoms with Crippen LogP contribution >= 0.6 is 24.0 Å². The second-order valence-corrected chi connectivity index (χ2v) is 6.95. The molecule has 5 nitrogen and oxygen atoms in total. The zero-order valence-corrected chi connectivity index (χ0v) is 18.8. The highest BCUT2D eigenvalue weighted by molar-refractivity contribution is 14.0. The maximum absolute atomic E-state index is 4.81. The summed E-state index contributed by atoms with van der Waals surface area (Å²) in [6, 6.07) is 0.993. The van der Waals surface area contributed by atoms with E-state index in [0.29, 0.717) is 12.1 Å². The minimum absolute atomic E-state index is 0. The van der Waals surface area contributed by atoms with Gasteiger partial charge in [-0.05, 0) is 34.2 Å². The first-order valence-corrected chi connectivity index (χ1v) is 9.54. The predicted octanol–water partition coefficient (Wildman–Crippen LogP) is 2.76. The van der Waals surface area contributed by atoms with Crippen LogP contribution in [0.1, 0.15) is 53.4 Å².